The summed E-state index contributed by atoms with van der Waals surface area (Å²) in [5.41, 5.74) is 0.355. The van der Waals surface area contributed by atoms with Gasteiger partial charge in [-0.3, -0.25) is 4.79 Å². The number of benzene rings is 1. The zero-order chi connectivity index (χ0) is 13.1. The molecule has 0 saturated carbocycles. The van der Waals surface area contributed by atoms with Crippen molar-refractivity contribution in [1.29, 1.82) is 0 Å². The Morgan fingerprint density at radius 1 is 1.44 bits per heavy atom. The molecule has 1 heterocycles. The molecule has 0 spiro atoms. The van der Waals surface area contributed by atoms with E-state index in [1.165, 1.54) is 18.2 Å². The average Bonchev–Trinajstić information content (AvgIpc) is 2.74. The molecule has 94 valence electrons. The number of para-hydroxylation sites is 1. The van der Waals surface area contributed by atoms with E-state index in [4.69, 9.17) is 4.52 Å². The summed E-state index contributed by atoms with van der Waals surface area (Å²) in [4.78, 5) is 12.0. The van der Waals surface area contributed by atoms with Crippen molar-refractivity contribution in [3.63, 3.8) is 0 Å². The minimum absolute atomic E-state index is 0.148. The Morgan fingerprint density at radius 3 is 2.83 bits per heavy atom. The summed E-state index contributed by atoms with van der Waals surface area (Å²) in [6.45, 7) is 1.71. The second-order valence-corrected chi connectivity index (χ2v) is 3.69. The number of nitrogens with zero attached hydrogens (tertiary/aromatic N) is 1. The van der Waals surface area contributed by atoms with E-state index in [0.29, 0.717) is 11.6 Å². The van der Waals surface area contributed by atoms with E-state index in [-0.39, 0.29) is 11.3 Å². The maximum atomic E-state index is 13.5. The van der Waals surface area contributed by atoms with Gasteiger partial charge in [-0.05, 0) is 19.1 Å². The van der Waals surface area contributed by atoms with Crippen molar-refractivity contribution >= 4 is 17.4 Å². The number of hydrogen-bond donors (Lipinski definition) is 2. The molecule has 6 heteroatoms. The zero-order valence-corrected chi connectivity index (χ0v) is 9.95. The van der Waals surface area contributed by atoms with Crippen LogP contribution < -0.4 is 10.6 Å². The van der Waals surface area contributed by atoms with Gasteiger partial charge in [0.25, 0.3) is 5.91 Å². The molecule has 0 atom stereocenters. The van der Waals surface area contributed by atoms with Crippen molar-refractivity contribution in [2.24, 2.45) is 0 Å². The molecule has 0 aliphatic carbocycles. The molecule has 1 aromatic carbocycles. The predicted octanol–water partition coefficient (Wildman–Crippen LogP) is 2.42. The van der Waals surface area contributed by atoms with E-state index in [0.717, 1.165) is 0 Å². The van der Waals surface area contributed by atoms with Gasteiger partial charge in [-0.1, -0.05) is 11.2 Å². The Kier molecular flexibility index (Phi) is 3.27. The molecular weight excluding hydrogens is 237 g/mol. The predicted molar refractivity (Wildman–Crippen MR) is 65.1 cm³/mol. The van der Waals surface area contributed by atoms with Crippen LogP contribution in [0.5, 0.6) is 0 Å². The number of nitrogens with one attached hydrogen (secondary N) is 2. The first kappa shape index (κ1) is 12.1. The lowest BCUT2D eigenvalue weighted by Gasteiger charge is -2.08. The van der Waals surface area contributed by atoms with Gasteiger partial charge in [0.2, 0.25) is 0 Å². The third-order valence-corrected chi connectivity index (χ3v) is 2.38. The number of halogens is 1. The highest BCUT2D eigenvalue weighted by Crippen LogP contribution is 2.20. The minimum Gasteiger partial charge on any atom is -0.385 e. The first-order valence-electron chi connectivity index (χ1n) is 5.32. The summed E-state index contributed by atoms with van der Waals surface area (Å²) in [6, 6.07) is 5.86. The van der Waals surface area contributed by atoms with Gasteiger partial charge in [0.05, 0.1) is 11.3 Å². The molecule has 2 aromatic rings. The van der Waals surface area contributed by atoms with E-state index in [9.17, 15) is 9.18 Å². The van der Waals surface area contributed by atoms with E-state index in [1.807, 2.05) is 0 Å². The van der Waals surface area contributed by atoms with Gasteiger partial charge in [0.1, 0.15) is 11.6 Å². The minimum atomic E-state index is -0.485. The number of aromatic nitrogens is 1. The highest BCUT2D eigenvalue weighted by Gasteiger charge is 2.15. The third kappa shape index (κ3) is 2.32. The SMILES string of the molecule is CNc1c(F)cccc1C(=O)Nc1cc(C)on1. The van der Waals surface area contributed by atoms with Gasteiger partial charge in [-0.2, -0.15) is 0 Å². The molecular formula is C12H12FN3O2. The summed E-state index contributed by atoms with van der Waals surface area (Å²) in [5, 5.41) is 8.82. The molecule has 0 radical (unpaired) electrons. The highest BCUT2D eigenvalue weighted by molar-refractivity contribution is 6.07. The van der Waals surface area contributed by atoms with Crippen LogP contribution in [-0.2, 0) is 0 Å². The number of anilines is 2. The lowest BCUT2D eigenvalue weighted by Crippen LogP contribution is -2.15. The Bertz CT molecular complexity index is 580. The van der Waals surface area contributed by atoms with Crippen molar-refractivity contribution in [1.82, 2.24) is 5.16 Å². The molecule has 0 unspecified atom stereocenters. The number of carbonyl (C=O) groups is 1. The third-order valence-electron chi connectivity index (χ3n) is 2.38. The Labute approximate surface area is 103 Å². The number of hydrogen-bond acceptors (Lipinski definition) is 4. The van der Waals surface area contributed by atoms with Gasteiger partial charge in [0, 0.05) is 13.1 Å². The van der Waals surface area contributed by atoms with Crippen LogP contribution in [0.2, 0.25) is 0 Å². The normalized spacial score (nSPS) is 10.2. The van der Waals surface area contributed by atoms with Crippen LogP contribution in [0.3, 0.4) is 0 Å². The molecule has 0 fully saturated rings. The van der Waals surface area contributed by atoms with E-state index in [1.54, 1.807) is 20.0 Å². The molecule has 0 aliphatic rings. The number of rotatable bonds is 3. The van der Waals surface area contributed by atoms with Crippen LogP contribution in [0.25, 0.3) is 0 Å². The largest absolute Gasteiger partial charge is 0.385 e. The van der Waals surface area contributed by atoms with Crippen LogP contribution in [0.15, 0.2) is 28.8 Å². The quantitative estimate of drug-likeness (QED) is 0.876. The topological polar surface area (TPSA) is 67.2 Å². The fourth-order valence-corrected chi connectivity index (χ4v) is 1.58. The fourth-order valence-electron chi connectivity index (χ4n) is 1.58. The number of aryl methyl sites for hydroxylation is 1. The lowest BCUT2D eigenvalue weighted by atomic mass is 10.1. The van der Waals surface area contributed by atoms with Crippen LogP contribution in [-0.4, -0.2) is 18.1 Å². The zero-order valence-electron chi connectivity index (χ0n) is 9.95. The van der Waals surface area contributed by atoms with E-state index < -0.39 is 11.7 Å². The standard InChI is InChI=1S/C12H12FN3O2/c1-7-6-10(16-18-7)15-12(17)8-4-3-5-9(13)11(8)14-2/h3-6,14H,1-2H3,(H,15,16,17). The maximum Gasteiger partial charge on any atom is 0.259 e. The molecule has 0 saturated heterocycles. The summed E-state index contributed by atoms with van der Waals surface area (Å²) >= 11 is 0. The van der Waals surface area contributed by atoms with Gasteiger partial charge in [-0.25, -0.2) is 4.39 Å². The van der Waals surface area contributed by atoms with Crippen molar-refractivity contribution in [3.05, 3.63) is 41.4 Å². The van der Waals surface area contributed by atoms with Crippen LogP contribution >= 0.6 is 0 Å². The monoisotopic (exact) mass is 249 g/mol. The van der Waals surface area contributed by atoms with Crippen molar-refractivity contribution in [2.75, 3.05) is 17.7 Å². The lowest BCUT2D eigenvalue weighted by molar-refractivity contribution is 0.102. The average molecular weight is 249 g/mol. The summed E-state index contributed by atoms with van der Waals surface area (Å²) < 4.78 is 18.3. The Morgan fingerprint density at radius 2 is 2.22 bits per heavy atom. The molecule has 2 rings (SSSR count). The van der Waals surface area contributed by atoms with Gasteiger partial charge in [0.15, 0.2) is 5.82 Å². The molecule has 1 amide bonds. The van der Waals surface area contributed by atoms with Crippen molar-refractivity contribution in [3.8, 4) is 0 Å². The second kappa shape index (κ2) is 4.87. The number of amides is 1. The first-order valence-corrected chi connectivity index (χ1v) is 5.32. The Hall–Kier alpha value is -2.37. The van der Waals surface area contributed by atoms with Crippen molar-refractivity contribution < 1.29 is 13.7 Å². The maximum absolute atomic E-state index is 13.5. The smallest absolute Gasteiger partial charge is 0.259 e. The molecule has 1 aromatic heterocycles. The molecule has 5 nitrogen and oxygen atoms in total. The van der Waals surface area contributed by atoms with Gasteiger partial charge >= 0.3 is 0 Å². The van der Waals surface area contributed by atoms with Gasteiger partial charge in [-0.15, -0.1) is 0 Å². The van der Waals surface area contributed by atoms with Crippen molar-refractivity contribution in [2.45, 2.75) is 6.92 Å². The first-order chi connectivity index (χ1) is 8.61. The molecule has 2 N–H and O–H groups in total. The molecule has 0 bridgehead atoms. The second-order valence-electron chi connectivity index (χ2n) is 3.69. The molecule has 18 heavy (non-hydrogen) atoms. The van der Waals surface area contributed by atoms with E-state index >= 15 is 0 Å². The highest BCUT2D eigenvalue weighted by atomic mass is 19.1. The number of carbonyl (C=O) groups excluding carboxylic acids is 1. The van der Waals surface area contributed by atoms with E-state index in [2.05, 4.69) is 15.8 Å². The Balaban J connectivity index is 2.26. The van der Waals surface area contributed by atoms with Crippen LogP contribution in [0.1, 0.15) is 16.1 Å². The summed E-state index contributed by atoms with van der Waals surface area (Å²) in [6.07, 6.45) is 0. The van der Waals surface area contributed by atoms with Crippen LogP contribution in [0.4, 0.5) is 15.9 Å². The molecule has 0 aliphatic heterocycles. The van der Waals surface area contributed by atoms with Gasteiger partial charge < -0.3 is 15.2 Å². The van der Waals surface area contributed by atoms with Crippen LogP contribution in [0, 0.1) is 12.7 Å². The summed E-state index contributed by atoms with van der Waals surface area (Å²) in [7, 11) is 1.55. The fraction of sp³-hybridized carbons (Fsp3) is 0.167. The summed E-state index contributed by atoms with van der Waals surface area (Å²) in [5.74, 6) is -0.0594.